The number of anilines is 1. The van der Waals surface area contributed by atoms with Crippen molar-refractivity contribution in [3.63, 3.8) is 0 Å². The summed E-state index contributed by atoms with van der Waals surface area (Å²) in [5.41, 5.74) is 4.17. The Morgan fingerprint density at radius 1 is 1.06 bits per heavy atom. The van der Waals surface area contributed by atoms with Crippen molar-refractivity contribution < 1.29 is 0 Å². The summed E-state index contributed by atoms with van der Waals surface area (Å²) in [5, 5.41) is 0. The molecule has 1 aromatic rings. The molecule has 1 atom stereocenters. The van der Waals surface area contributed by atoms with Gasteiger partial charge in [-0.3, -0.25) is 0 Å². The second kappa shape index (κ2) is 6.82. The van der Waals surface area contributed by atoms with E-state index in [2.05, 4.69) is 64.6 Å². The summed E-state index contributed by atoms with van der Waals surface area (Å²) in [6.45, 7) is 15.9. The molecule has 0 amide bonds. The van der Waals surface area contributed by atoms with Gasteiger partial charge in [-0.1, -0.05) is 46.2 Å². The van der Waals surface area contributed by atoms with Crippen molar-refractivity contribution in [3.8, 4) is 0 Å². The average Bonchev–Trinajstić information content (AvgIpc) is 2.30. The molecule has 0 bridgehead atoms. The summed E-state index contributed by atoms with van der Waals surface area (Å²) in [6.07, 6.45) is 1.25. The van der Waals surface area contributed by atoms with Crippen LogP contribution in [0.4, 0.5) is 5.69 Å². The van der Waals surface area contributed by atoms with Gasteiger partial charge in [0.25, 0.3) is 0 Å². The highest BCUT2D eigenvalue weighted by Crippen LogP contribution is 2.24. The molecule has 0 N–H and O–H groups in total. The van der Waals surface area contributed by atoms with Crippen LogP contribution in [0.25, 0.3) is 0 Å². The molecule has 0 fully saturated rings. The number of hydrogen-bond donors (Lipinski definition) is 0. The maximum absolute atomic E-state index is 2.57. The quantitative estimate of drug-likeness (QED) is 0.697. The zero-order valence-corrected chi connectivity index (χ0v) is 13.0. The van der Waals surface area contributed by atoms with Gasteiger partial charge in [0, 0.05) is 18.8 Å². The lowest BCUT2D eigenvalue weighted by Crippen LogP contribution is -2.32. The second-order valence-electron chi connectivity index (χ2n) is 6.10. The van der Waals surface area contributed by atoms with Crippen LogP contribution in [0.15, 0.2) is 18.2 Å². The minimum Gasteiger partial charge on any atom is -0.371 e. The highest BCUT2D eigenvalue weighted by molar-refractivity contribution is 5.55. The molecule has 0 aliphatic rings. The van der Waals surface area contributed by atoms with Gasteiger partial charge in [-0.05, 0) is 42.9 Å². The van der Waals surface area contributed by atoms with Gasteiger partial charge in [0.05, 0.1) is 0 Å². The molecule has 0 saturated heterocycles. The molecule has 1 nitrogen and oxygen atoms in total. The molecule has 0 radical (unpaired) electrons. The van der Waals surface area contributed by atoms with Crippen molar-refractivity contribution in [1.29, 1.82) is 0 Å². The summed E-state index contributed by atoms with van der Waals surface area (Å²) >= 11 is 0. The molecule has 1 unspecified atom stereocenters. The monoisotopic (exact) mass is 247 g/mol. The maximum Gasteiger partial charge on any atom is 0.0398 e. The molecule has 102 valence electrons. The van der Waals surface area contributed by atoms with Crippen LogP contribution in [0.3, 0.4) is 0 Å². The Hall–Kier alpha value is -0.980. The van der Waals surface area contributed by atoms with Gasteiger partial charge >= 0.3 is 0 Å². The van der Waals surface area contributed by atoms with Gasteiger partial charge in [0.15, 0.2) is 0 Å². The molecule has 1 rings (SSSR count). The first-order valence-electron chi connectivity index (χ1n) is 7.26. The van der Waals surface area contributed by atoms with E-state index in [0.717, 1.165) is 12.5 Å². The van der Waals surface area contributed by atoms with Gasteiger partial charge in [-0.15, -0.1) is 0 Å². The number of nitrogens with zero attached hydrogens (tertiary/aromatic N) is 1. The molecule has 0 heterocycles. The third kappa shape index (κ3) is 4.36. The Morgan fingerprint density at radius 2 is 1.72 bits per heavy atom. The summed E-state index contributed by atoms with van der Waals surface area (Å²) < 4.78 is 0. The van der Waals surface area contributed by atoms with Crippen LogP contribution >= 0.6 is 0 Å². The smallest absolute Gasteiger partial charge is 0.0398 e. The second-order valence-corrected chi connectivity index (χ2v) is 6.10. The minimum absolute atomic E-state index is 0.703. The third-order valence-corrected chi connectivity index (χ3v) is 3.52. The molecule has 0 aromatic heterocycles. The molecular formula is C17H29N. The van der Waals surface area contributed by atoms with Crippen LogP contribution in [-0.2, 0) is 0 Å². The van der Waals surface area contributed by atoms with Crippen LogP contribution in [0.5, 0.6) is 0 Å². The fraction of sp³-hybridized carbons (Fsp3) is 0.647. The van der Waals surface area contributed by atoms with Crippen molar-refractivity contribution in [3.05, 3.63) is 29.3 Å². The Morgan fingerprint density at radius 3 is 2.28 bits per heavy atom. The molecule has 0 spiro atoms. The zero-order chi connectivity index (χ0) is 13.7. The number of rotatable bonds is 6. The standard InChI is InChI=1S/C17H29N/c1-7-14(4)12-18(11-13(2)3)17-10-15(5)8-9-16(17)6/h8-10,13-14H,7,11-12H2,1-6H3. The highest BCUT2D eigenvalue weighted by atomic mass is 15.1. The van der Waals surface area contributed by atoms with Gasteiger partial charge in [0.1, 0.15) is 0 Å². The van der Waals surface area contributed by atoms with Crippen molar-refractivity contribution in [1.82, 2.24) is 0 Å². The summed E-state index contributed by atoms with van der Waals surface area (Å²) in [7, 11) is 0. The van der Waals surface area contributed by atoms with E-state index in [1.54, 1.807) is 0 Å². The van der Waals surface area contributed by atoms with Gasteiger partial charge < -0.3 is 4.90 Å². The Kier molecular flexibility index (Phi) is 5.71. The Labute approximate surface area is 113 Å². The van der Waals surface area contributed by atoms with Crippen LogP contribution in [0, 0.1) is 25.7 Å². The summed E-state index contributed by atoms with van der Waals surface area (Å²) in [5.74, 6) is 1.46. The lowest BCUT2D eigenvalue weighted by Gasteiger charge is -2.31. The lowest BCUT2D eigenvalue weighted by atomic mass is 10.0. The van der Waals surface area contributed by atoms with Crippen LogP contribution < -0.4 is 4.90 Å². The number of hydrogen-bond acceptors (Lipinski definition) is 1. The fourth-order valence-electron chi connectivity index (χ4n) is 2.28. The Balaban J connectivity index is 2.96. The molecule has 1 aromatic carbocycles. The summed E-state index contributed by atoms with van der Waals surface area (Å²) in [4.78, 5) is 2.57. The molecule has 0 aliphatic heterocycles. The molecule has 18 heavy (non-hydrogen) atoms. The van der Waals surface area contributed by atoms with E-state index in [1.807, 2.05) is 0 Å². The Bertz CT molecular complexity index is 368. The maximum atomic E-state index is 2.57. The zero-order valence-electron chi connectivity index (χ0n) is 13.0. The average molecular weight is 247 g/mol. The van der Waals surface area contributed by atoms with Gasteiger partial charge in [-0.25, -0.2) is 0 Å². The predicted molar refractivity (Wildman–Crippen MR) is 82.4 cm³/mol. The van der Waals surface area contributed by atoms with E-state index >= 15 is 0 Å². The minimum atomic E-state index is 0.703. The van der Waals surface area contributed by atoms with Crippen LogP contribution in [0.2, 0.25) is 0 Å². The number of aryl methyl sites for hydroxylation is 2. The topological polar surface area (TPSA) is 3.24 Å². The van der Waals surface area contributed by atoms with E-state index in [1.165, 1.54) is 29.8 Å². The highest BCUT2D eigenvalue weighted by Gasteiger charge is 2.13. The van der Waals surface area contributed by atoms with Gasteiger partial charge in [-0.2, -0.15) is 0 Å². The van der Waals surface area contributed by atoms with E-state index in [-0.39, 0.29) is 0 Å². The largest absolute Gasteiger partial charge is 0.371 e. The first-order chi connectivity index (χ1) is 8.43. The SMILES string of the molecule is CCC(C)CN(CC(C)C)c1cc(C)ccc1C. The fourth-order valence-corrected chi connectivity index (χ4v) is 2.28. The first-order valence-corrected chi connectivity index (χ1v) is 7.26. The summed E-state index contributed by atoms with van der Waals surface area (Å²) in [6, 6.07) is 6.78. The van der Waals surface area contributed by atoms with Crippen molar-refractivity contribution >= 4 is 5.69 Å². The molecular weight excluding hydrogens is 218 g/mol. The van der Waals surface area contributed by atoms with Gasteiger partial charge in [0.2, 0.25) is 0 Å². The van der Waals surface area contributed by atoms with Crippen molar-refractivity contribution in [2.75, 3.05) is 18.0 Å². The van der Waals surface area contributed by atoms with E-state index < -0.39 is 0 Å². The normalized spacial score (nSPS) is 12.8. The van der Waals surface area contributed by atoms with E-state index in [4.69, 9.17) is 0 Å². The lowest BCUT2D eigenvalue weighted by molar-refractivity contribution is 0.513. The number of benzene rings is 1. The third-order valence-electron chi connectivity index (χ3n) is 3.52. The molecule has 0 aliphatic carbocycles. The first kappa shape index (κ1) is 15.1. The van der Waals surface area contributed by atoms with E-state index in [0.29, 0.717) is 5.92 Å². The van der Waals surface area contributed by atoms with E-state index in [9.17, 15) is 0 Å². The predicted octanol–water partition coefficient (Wildman–Crippen LogP) is 4.81. The van der Waals surface area contributed by atoms with Crippen molar-refractivity contribution in [2.45, 2.75) is 48.0 Å². The van der Waals surface area contributed by atoms with Crippen LogP contribution in [0.1, 0.15) is 45.2 Å². The van der Waals surface area contributed by atoms with Crippen molar-refractivity contribution in [2.24, 2.45) is 11.8 Å². The van der Waals surface area contributed by atoms with Crippen LogP contribution in [-0.4, -0.2) is 13.1 Å². The molecule has 0 saturated carbocycles. The molecule has 1 heteroatoms.